The Morgan fingerprint density at radius 2 is 0.663 bits per heavy atom. The van der Waals surface area contributed by atoms with Crippen molar-refractivity contribution in [3.63, 3.8) is 0 Å². The van der Waals surface area contributed by atoms with E-state index in [1.165, 1.54) is 95.4 Å². The molecule has 8 unspecified atom stereocenters. The third-order valence-corrected chi connectivity index (χ3v) is 20.1. The van der Waals surface area contributed by atoms with Crippen LogP contribution in [0.25, 0.3) is 0 Å². The average Bonchev–Trinajstić information content (AvgIpc) is 1.02. The molecule has 8 fully saturated rings. The van der Waals surface area contributed by atoms with Crippen molar-refractivity contribution in [1.82, 2.24) is 79.1 Å². The highest BCUT2D eigenvalue weighted by molar-refractivity contribution is 6.12. The number of amides is 12. The van der Waals surface area contributed by atoms with Gasteiger partial charge in [0, 0.05) is 99.4 Å². The number of hydrogen-bond donors (Lipinski definition) is 10. The van der Waals surface area contributed by atoms with Crippen molar-refractivity contribution in [2.24, 2.45) is 45.3 Å². The van der Waals surface area contributed by atoms with E-state index in [0.29, 0.717) is 11.1 Å². The van der Waals surface area contributed by atoms with Gasteiger partial charge in [0.1, 0.15) is 0 Å². The number of urea groups is 4. The number of fused-ring (bicyclic) bond motifs is 2. The molecule has 0 radical (unpaired) electrons. The predicted octanol–water partition coefficient (Wildman–Crippen LogP) is -5.88. The molecule has 0 spiro atoms. The first-order chi connectivity index (χ1) is 45.7. The summed E-state index contributed by atoms with van der Waals surface area (Å²) < 4.78 is 14.0. The van der Waals surface area contributed by atoms with Crippen LogP contribution in [-0.4, -0.2) is 204 Å². The number of aryl methyl sites for hydroxylation is 4. The lowest BCUT2D eigenvalue weighted by molar-refractivity contribution is -0.209. The molecule has 98 heavy (non-hydrogen) atoms. The van der Waals surface area contributed by atoms with Gasteiger partial charge in [0.25, 0.3) is 22.2 Å². The number of aliphatic carboxylic acids is 2. The second kappa shape index (κ2) is 25.5. The van der Waals surface area contributed by atoms with E-state index in [1.807, 2.05) is 0 Å². The lowest BCUT2D eigenvalue weighted by Crippen LogP contribution is -2.90. The molecule has 6 aliphatic heterocycles. The molecule has 8 atom stereocenters. The maximum Gasteiger partial charge on any atom is 0.328 e. The van der Waals surface area contributed by atoms with Crippen LogP contribution in [0.3, 0.4) is 0 Å². The molecule has 8 aliphatic rings. The maximum atomic E-state index is 12.6. The first-order valence-corrected chi connectivity index (χ1v) is 30.0. The number of methoxy groups -OCH3 is 2. The summed E-state index contributed by atoms with van der Waals surface area (Å²) in [6.45, 7) is 11.5. The SMILES string of the molecule is CC12C(=O)NC(=O)N3CC(C(=O)O)CN4C(=O)NC(=O)C1(C)C4C32.COC(=O)C(Cn1cc(C)c(=O)[nH]c1=O)Cn1cc(C)c(=O)[nH]c1=O.COC(=O)C1CN2C(=O)NC(=O)C3(C)C2C2N(C1)C(=O)NC(=O)C23C.Cc1cn(CC(Cn2cc(C)c(=O)[nH]c2=O)C(=O)O)c(=O)[nH]c1=O. The molecular formula is C58H68N16O24. The zero-order valence-electron chi connectivity index (χ0n) is 54.0. The number of carboxylic acid groups (broad SMARTS) is 2. The molecule has 40 heteroatoms. The van der Waals surface area contributed by atoms with Crippen molar-refractivity contribution >= 4 is 71.6 Å². The molecule has 524 valence electrons. The fraction of sp³-hybridized carbons (Fsp3) is 0.517. The molecule has 12 amide bonds. The molecule has 6 saturated heterocycles. The highest BCUT2D eigenvalue weighted by Crippen LogP contribution is 2.65. The molecule has 10 N–H and O–H groups in total. The van der Waals surface area contributed by atoms with Crippen molar-refractivity contribution in [1.29, 1.82) is 0 Å². The van der Waals surface area contributed by atoms with E-state index in [-0.39, 0.29) is 63.5 Å². The summed E-state index contributed by atoms with van der Waals surface area (Å²) in [4.78, 5) is 253. The Morgan fingerprint density at radius 1 is 0.418 bits per heavy atom. The third kappa shape index (κ3) is 11.4. The molecule has 2 saturated carbocycles. The van der Waals surface area contributed by atoms with Gasteiger partial charge in [0.05, 0.1) is 83.7 Å². The molecule has 12 rings (SSSR count). The van der Waals surface area contributed by atoms with E-state index >= 15 is 0 Å². The minimum atomic E-state index is -1.23. The van der Waals surface area contributed by atoms with Crippen LogP contribution >= 0.6 is 0 Å². The van der Waals surface area contributed by atoms with Gasteiger partial charge in [0.2, 0.25) is 23.6 Å². The number of aromatic amines is 4. The smallest absolute Gasteiger partial charge is 0.328 e. The minimum Gasteiger partial charge on any atom is -0.481 e. The first kappa shape index (κ1) is 70.7. The Morgan fingerprint density at radius 3 is 0.888 bits per heavy atom. The number of imide groups is 4. The monoisotopic (exact) mass is 1370 g/mol. The zero-order chi connectivity index (χ0) is 72.7. The van der Waals surface area contributed by atoms with Crippen LogP contribution in [0.4, 0.5) is 19.2 Å². The number of aromatic nitrogens is 8. The van der Waals surface area contributed by atoms with Gasteiger partial charge in [-0.3, -0.25) is 117 Å². The minimum absolute atomic E-state index is 0.0105. The van der Waals surface area contributed by atoms with Gasteiger partial charge in [-0.25, -0.2) is 38.4 Å². The van der Waals surface area contributed by atoms with Gasteiger partial charge in [-0.2, -0.15) is 0 Å². The summed E-state index contributed by atoms with van der Waals surface area (Å²) in [7, 11) is 2.42. The van der Waals surface area contributed by atoms with Gasteiger partial charge in [-0.15, -0.1) is 0 Å². The maximum absolute atomic E-state index is 12.6. The molecule has 0 aromatic carbocycles. The highest BCUT2D eigenvalue weighted by Gasteiger charge is 2.83. The number of H-pyrrole nitrogens is 4. The topological polar surface area (TPSA) is 544 Å². The Bertz CT molecular complexity index is 4410. The molecule has 4 aromatic rings. The van der Waals surface area contributed by atoms with Crippen LogP contribution < -0.4 is 66.3 Å². The Labute approximate surface area is 548 Å². The van der Waals surface area contributed by atoms with Gasteiger partial charge in [-0.05, 0) is 55.4 Å². The predicted molar refractivity (Wildman–Crippen MR) is 326 cm³/mol. The summed E-state index contributed by atoms with van der Waals surface area (Å²) in [6, 6.07) is -5.38. The van der Waals surface area contributed by atoms with E-state index in [4.69, 9.17) is 9.47 Å². The number of nitrogens with zero attached hydrogens (tertiary/aromatic N) is 8. The normalized spacial score (nSPS) is 26.8. The van der Waals surface area contributed by atoms with Crippen LogP contribution in [0.5, 0.6) is 0 Å². The third-order valence-electron chi connectivity index (χ3n) is 20.1. The number of esters is 2. The number of hydrogen-bond acceptors (Lipinski definition) is 22. The van der Waals surface area contributed by atoms with Crippen molar-refractivity contribution < 1.29 is 77.2 Å². The Balaban J connectivity index is 0.000000153. The first-order valence-electron chi connectivity index (χ1n) is 30.0. The van der Waals surface area contributed by atoms with Crippen molar-refractivity contribution in [2.45, 2.75) is 106 Å². The van der Waals surface area contributed by atoms with Crippen LogP contribution in [-0.2, 0) is 74.0 Å². The quantitative estimate of drug-likeness (QED) is 0.0591. The average molecular weight is 1370 g/mol. The Kier molecular flexibility index (Phi) is 18.4. The van der Waals surface area contributed by atoms with E-state index in [1.54, 1.807) is 27.7 Å². The van der Waals surface area contributed by atoms with Crippen molar-refractivity contribution in [3.05, 3.63) is 130 Å². The van der Waals surface area contributed by atoms with Crippen LogP contribution in [0.15, 0.2) is 63.1 Å². The van der Waals surface area contributed by atoms with Crippen LogP contribution in [0.1, 0.15) is 49.9 Å². The molecule has 10 heterocycles. The molecule has 0 bridgehead atoms. The molecule has 40 nitrogen and oxygen atoms in total. The number of nitrogens with one attached hydrogen (secondary N) is 8. The highest BCUT2D eigenvalue weighted by atomic mass is 16.5. The van der Waals surface area contributed by atoms with Gasteiger partial charge >= 0.3 is 70.8 Å². The Hall–Kier alpha value is -11.6. The van der Waals surface area contributed by atoms with E-state index < -0.39 is 186 Å². The standard InChI is InChI=1S/2C15H18N4O6.2C14H16N4O6/c1-14-7-8-15(14,2)11(22)17-13(24)19(8)5-6(9(20)25-3)4-18(7)12(23)16-10(14)21;1-8-4-18(14(23)16-11(8)20)6-10(13(22)25-3)7-19-5-9(2)12(21)17-15(19)24;1-13-6-7-14(13,2)10(22)16-12(24)18(7)4-5(8(19)20)3-17(6)11(23)15-9(13)21;1-7-3-17(13(23)15-10(7)19)5-9(12(21)22)6-18-4-8(2)11(20)16-14(18)24/h6-8H,4-5H2,1-3H3,(H,16,21,23)(H,17,22,24);4-5,10H,6-7H2,1-3H3,(H,16,20,23)(H,17,21,24);5-7H,3-4H2,1-2H3,(H,19,20)(H,15,21,23)(H,16,22,24);3-4,9H,5-6H2,1-2H3,(H,21,22)(H,15,19,23)(H,16,20,24). The molecular weight excluding hydrogens is 1300 g/mol. The summed E-state index contributed by atoms with van der Waals surface area (Å²) in [6.07, 6.45) is 5.19. The second-order valence-corrected chi connectivity index (χ2v) is 25.6. The lowest BCUT2D eigenvalue weighted by Gasteiger charge is -2.70. The summed E-state index contributed by atoms with van der Waals surface area (Å²) >= 11 is 0. The number of carbonyl (C=O) groups is 12. The van der Waals surface area contributed by atoms with Gasteiger partial charge in [0.15, 0.2) is 0 Å². The fourth-order valence-corrected chi connectivity index (χ4v) is 14.3. The number of carboxylic acids is 2. The zero-order valence-corrected chi connectivity index (χ0v) is 54.0. The van der Waals surface area contributed by atoms with E-state index in [0.717, 1.165) is 9.13 Å². The van der Waals surface area contributed by atoms with Crippen LogP contribution in [0.2, 0.25) is 0 Å². The summed E-state index contributed by atoms with van der Waals surface area (Å²) in [5.74, 6) is -9.55. The second-order valence-electron chi connectivity index (χ2n) is 25.6. The van der Waals surface area contributed by atoms with Crippen LogP contribution in [0, 0.1) is 73.0 Å². The fourth-order valence-electron chi connectivity index (χ4n) is 14.3. The van der Waals surface area contributed by atoms with Crippen molar-refractivity contribution in [3.8, 4) is 0 Å². The molecule has 2 aliphatic carbocycles. The lowest BCUT2D eigenvalue weighted by atomic mass is 9.42. The number of ether oxygens (including phenoxy) is 2. The number of carbonyl (C=O) groups excluding carboxylic acids is 10. The van der Waals surface area contributed by atoms with Gasteiger partial charge < -0.3 is 39.3 Å². The molecule has 4 aromatic heterocycles. The largest absolute Gasteiger partial charge is 0.481 e. The number of rotatable bonds is 12. The van der Waals surface area contributed by atoms with Gasteiger partial charge in [-0.1, -0.05) is 0 Å². The summed E-state index contributed by atoms with van der Waals surface area (Å²) in [5.41, 5.74) is -8.65. The van der Waals surface area contributed by atoms with Crippen molar-refractivity contribution in [2.75, 3.05) is 40.4 Å². The van der Waals surface area contributed by atoms with E-state index in [2.05, 4.69) is 41.2 Å². The summed E-state index contributed by atoms with van der Waals surface area (Å²) in [5, 5.41) is 27.8. The van der Waals surface area contributed by atoms with E-state index in [9.17, 15) is 106 Å².